The van der Waals surface area contributed by atoms with E-state index >= 15 is 0 Å². The lowest BCUT2D eigenvalue weighted by atomic mass is 10.1. The van der Waals surface area contributed by atoms with Crippen molar-refractivity contribution in [3.8, 4) is 0 Å². The minimum absolute atomic E-state index is 0.0698. The molecule has 0 saturated heterocycles. The molecule has 21 heavy (non-hydrogen) atoms. The summed E-state index contributed by atoms with van der Waals surface area (Å²) < 4.78 is 30.2. The van der Waals surface area contributed by atoms with Gasteiger partial charge in [-0.2, -0.15) is 0 Å². The fourth-order valence-corrected chi connectivity index (χ4v) is 2.32. The average molecular weight is 309 g/mol. The Hall–Kier alpha value is -2.19. The van der Waals surface area contributed by atoms with Crippen molar-refractivity contribution in [1.82, 2.24) is 15.0 Å². The standard InChI is InChI=1S/C13H15N3O4S/c1-9(10-4-3-7-15-8-10)16-13(17)11-5-6-12(20-11)21(18,19)14-2/h3-9,14H,1-2H3,(H,16,17)/t9-/m0/s1. The van der Waals surface area contributed by atoms with Gasteiger partial charge in [-0.15, -0.1) is 0 Å². The van der Waals surface area contributed by atoms with E-state index in [1.54, 1.807) is 25.4 Å². The van der Waals surface area contributed by atoms with E-state index in [9.17, 15) is 13.2 Å². The van der Waals surface area contributed by atoms with Crippen molar-refractivity contribution >= 4 is 15.9 Å². The summed E-state index contributed by atoms with van der Waals surface area (Å²) in [6.45, 7) is 1.79. The zero-order chi connectivity index (χ0) is 15.5. The average Bonchev–Trinajstić information content (AvgIpc) is 2.99. The molecule has 1 atom stereocenters. The Morgan fingerprint density at radius 3 is 2.71 bits per heavy atom. The van der Waals surface area contributed by atoms with E-state index in [0.29, 0.717) is 0 Å². The number of carbonyl (C=O) groups excluding carboxylic acids is 1. The third-order valence-corrected chi connectivity index (χ3v) is 4.16. The number of nitrogens with zero attached hydrogens (tertiary/aromatic N) is 1. The molecule has 2 aromatic heterocycles. The predicted octanol–water partition coefficient (Wildman–Crippen LogP) is 1.07. The lowest BCUT2D eigenvalue weighted by Gasteiger charge is -2.12. The van der Waals surface area contributed by atoms with Crippen molar-refractivity contribution in [1.29, 1.82) is 0 Å². The Balaban J connectivity index is 2.11. The highest BCUT2D eigenvalue weighted by Gasteiger charge is 2.20. The maximum atomic E-state index is 12.0. The van der Waals surface area contributed by atoms with E-state index in [1.165, 1.54) is 19.2 Å². The lowest BCUT2D eigenvalue weighted by Crippen LogP contribution is -2.26. The van der Waals surface area contributed by atoms with Crippen LogP contribution in [0.3, 0.4) is 0 Å². The summed E-state index contributed by atoms with van der Waals surface area (Å²) in [6.07, 6.45) is 3.28. The zero-order valence-electron chi connectivity index (χ0n) is 11.5. The highest BCUT2D eigenvalue weighted by Crippen LogP contribution is 2.15. The third-order valence-electron chi connectivity index (χ3n) is 2.87. The first-order valence-electron chi connectivity index (χ1n) is 6.18. The number of rotatable bonds is 5. The Kier molecular flexibility index (Phi) is 4.39. The van der Waals surface area contributed by atoms with Crippen LogP contribution in [0.25, 0.3) is 0 Å². The monoisotopic (exact) mass is 309 g/mol. The molecular formula is C13H15N3O4S. The van der Waals surface area contributed by atoms with Crippen molar-refractivity contribution in [2.75, 3.05) is 7.05 Å². The van der Waals surface area contributed by atoms with Crippen LogP contribution in [-0.4, -0.2) is 26.4 Å². The maximum absolute atomic E-state index is 12.0. The molecule has 0 aliphatic carbocycles. The van der Waals surface area contributed by atoms with Crippen LogP contribution in [0.5, 0.6) is 0 Å². The molecule has 2 N–H and O–H groups in total. The van der Waals surface area contributed by atoms with Gasteiger partial charge in [0.1, 0.15) is 0 Å². The van der Waals surface area contributed by atoms with Crippen LogP contribution in [-0.2, 0) is 10.0 Å². The Labute approximate surface area is 122 Å². The first kappa shape index (κ1) is 15.2. The fraction of sp³-hybridized carbons (Fsp3) is 0.231. The number of aromatic nitrogens is 1. The molecule has 0 spiro atoms. The van der Waals surface area contributed by atoms with Crippen LogP contribution in [0.4, 0.5) is 0 Å². The lowest BCUT2D eigenvalue weighted by molar-refractivity contribution is 0.0906. The van der Waals surface area contributed by atoms with Crippen LogP contribution in [0.1, 0.15) is 29.1 Å². The van der Waals surface area contributed by atoms with Gasteiger partial charge in [0.25, 0.3) is 15.9 Å². The van der Waals surface area contributed by atoms with Gasteiger partial charge in [-0.25, -0.2) is 13.1 Å². The van der Waals surface area contributed by atoms with Gasteiger partial charge in [0.2, 0.25) is 5.09 Å². The molecule has 0 radical (unpaired) electrons. The third kappa shape index (κ3) is 3.47. The highest BCUT2D eigenvalue weighted by molar-refractivity contribution is 7.89. The van der Waals surface area contributed by atoms with Crippen LogP contribution in [0, 0.1) is 0 Å². The maximum Gasteiger partial charge on any atom is 0.287 e. The van der Waals surface area contributed by atoms with Crippen LogP contribution in [0.2, 0.25) is 0 Å². The number of hydrogen-bond donors (Lipinski definition) is 2. The van der Waals surface area contributed by atoms with Crippen molar-refractivity contribution < 1.29 is 17.6 Å². The molecule has 7 nitrogen and oxygen atoms in total. The van der Waals surface area contributed by atoms with Gasteiger partial charge < -0.3 is 9.73 Å². The van der Waals surface area contributed by atoms with E-state index in [2.05, 4.69) is 15.0 Å². The summed E-state index contributed by atoms with van der Waals surface area (Å²) in [5, 5.41) is 2.41. The second-order valence-corrected chi connectivity index (χ2v) is 6.13. The minimum atomic E-state index is -3.70. The van der Waals surface area contributed by atoms with Crippen molar-refractivity contribution in [2.45, 2.75) is 18.1 Å². The number of furan rings is 1. The molecule has 0 fully saturated rings. The Morgan fingerprint density at radius 1 is 1.33 bits per heavy atom. The van der Waals surface area contributed by atoms with E-state index in [-0.39, 0.29) is 16.9 Å². The summed E-state index contributed by atoms with van der Waals surface area (Å²) in [5.74, 6) is -0.566. The molecule has 2 rings (SSSR count). The summed E-state index contributed by atoms with van der Waals surface area (Å²) in [5.41, 5.74) is 0.834. The first-order chi connectivity index (χ1) is 9.94. The number of hydrogen-bond acceptors (Lipinski definition) is 5. The summed E-state index contributed by atoms with van der Waals surface area (Å²) in [4.78, 5) is 16.0. The largest absolute Gasteiger partial charge is 0.438 e. The minimum Gasteiger partial charge on any atom is -0.438 e. The van der Waals surface area contributed by atoms with Crippen molar-refractivity contribution in [3.05, 3.63) is 48.0 Å². The summed E-state index contributed by atoms with van der Waals surface area (Å²) in [7, 11) is -2.43. The van der Waals surface area contributed by atoms with E-state index in [1.807, 2.05) is 6.07 Å². The zero-order valence-corrected chi connectivity index (χ0v) is 12.3. The van der Waals surface area contributed by atoms with Crippen molar-refractivity contribution in [3.63, 3.8) is 0 Å². The molecule has 2 heterocycles. The number of sulfonamides is 1. The molecular weight excluding hydrogens is 294 g/mol. The smallest absolute Gasteiger partial charge is 0.287 e. The molecule has 1 amide bonds. The van der Waals surface area contributed by atoms with Gasteiger partial charge in [0.05, 0.1) is 6.04 Å². The van der Waals surface area contributed by atoms with E-state index in [0.717, 1.165) is 5.56 Å². The number of pyridine rings is 1. The SMILES string of the molecule is CNS(=O)(=O)c1ccc(C(=O)N[C@@H](C)c2cccnc2)o1. The molecule has 0 aliphatic heterocycles. The number of nitrogens with one attached hydrogen (secondary N) is 2. The number of carbonyl (C=O) groups is 1. The van der Waals surface area contributed by atoms with Crippen molar-refractivity contribution in [2.24, 2.45) is 0 Å². The summed E-state index contributed by atoms with van der Waals surface area (Å²) >= 11 is 0. The number of amides is 1. The summed E-state index contributed by atoms with van der Waals surface area (Å²) in [6, 6.07) is 5.87. The van der Waals surface area contributed by atoms with Gasteiger partial charge >= 0.3 is 0 Å². The van der Waals surface area contributed by atoms with Crippen LogP contribution in [0.15, 0.2) is 46.2 Å². The molecule has 0 aromatic carbocycles. The molecule has 0 unspecified atom stereocenters. The second-order valence-electron chi connectivity index (χ2n) is 4.31. The van der Waals surface area contributed by atoms with Gasteiger partial charge in [-0.05, 0) is 37.7 Å². The van der Waals surface area contributed by atoms with Gasteiger partial charge in [-0.3, -0.25) is 9.78 Å². The fourth-order valence-electron chi connectivity index (χ4n) is 1.67. The van der Waals surface area contributed by atoms with Crippen LogP contribution < -0.4 is 10.0 Å². The van der Waals surface area contributed by atoms with Gasteiger partial charge in [-0.1, -0.05) is 6.07 Å². The molecule has 8 heteroatoms. The van der Waals surface area contributed by atoms with Crippen LogP contribution >= 0.6 is 0 Å². The second kappa shape index (κ2) is 6.06. The highest BCUT2D eigenvalue weighted by atomic mass is 32.2. The first-order valence-corrected chi connectivity index (χ1v) is 7.66. The Morgan fingerprint density at radius 2 is 2.10 bits per heavy atom. The normalized spacial score (nSPS) is 12.9. The van der Waals surface area contributed by atoms with E-state index in [4.69, 9.17) is 4.42 Å². The molecule has 0 bridgehead atoms. The molecule has 2 aromatic rings. The topological polar surface area (TPSA) is 101 Å². The predicted molar refractivity (Wildman–Crippen MR) is 75.1 cm³/mol. The molecule has 0 saturated carbocycles. The quantitative estimate of drug-likeness (QED) is 0.860. The Bertz CT molecular complexity index is 725. The molecule has 0 aliphatic rings. The van der Waals surface area contributed by atoms with Gasteiger partial charge in [0, 0.05) is 12.4 Å². The van der Waals surface area contributed by atoms with E-state index < -0.39 is 15.9 Å². The van der Waals surface area contributed by atoms with Gasteiger partial charge in [0.15, 0.2) is 5.76 Å². The molecule has 112 valence electrons.